The van der Waals surface area contributed by atoms with Crippen LogP contribution >= 0.6 is 11.3 Å². The molecule has 5 nitrogen and oxygen atoms in total. The molecule has 2 amide bonds. The van der Waals surface area contributed by atoms with Gasteiger partial charge in [-0.1, -0.05) is 55.5 Å². The second-order valence-electron chi connectivity index (χ2n) is 8.25. The van der Waals surface area contributed by atoms with Crippen LogP contribution in [0.2, 0.25) is 0 Å². The molecule has 0 bridgehead atoms. The van der Waals surface area contributed by atoms with E-state index in [0.717, 1.165) is 29.7 Å². The first-order valence-electron chi connectivity index (χ1n) is 11.5. The van der Waals surface area contributed by atoms with Crippen LogP contribution in [0.25, 0.3) is 0 Å². The summed E-state index contributed by atoms with van der Waals surface area (Å²) in [5.74, 6) is 0.753. The smallest absolute Gasteiger partial charge is 0.242 e. The summed E-state index contributed by atoms with van der Waals surface area (Å²) in [6.45, 7) is 3.73. The number of rotatable bonds is 9. The van der Waals surface area contributed by atoms with Gasteiger partial charge in [-0.15, -0.1) is 11.3 Å². The SMILES string of the molecule is CCCN(CC(=O)N1CCc2sccc2[C@H]1COc1ccccc1)C(=O)Cc1ccccc1. The second-order valence-corrected chi connectivity index (χ2v) is 9.25. The van der Waals surface area contributed by atoms with Gasteiger partial charge in [0.1, 0.15) is 12.4 Å². The molecule has 0 saturated carbocycles. The van der Waals surface area contributed by atoms with E-state index in [0.29, 0.717) is 26.1 Å². The van der Waals surface area contributed by atoms with Crippen molar-refractivity contribution < 1.29 is 14.3 Å². The van der Waals surface area contributed by atoms with E-state index < -0.39 is 0 Å². The van der Waals surface area contributed by atoms with Crippen LogP contribution in [0, 0.1) is 0 Å². The molecule has 33 heavy (non-hydrogen) atoms. The maximum Gasteiger partial charge on any atom is 0.242 e. The van der Waals surface area contributed by atoms with Crippen molar-refractivity contribution in [3.05, 3.63) is 88.1 Å². The number of amides is 2. The highest BCUT2D eigenvalue weighted by Crippen LogP contribution is 2.34. The molecule has 3 aromatic rings. The average molecular weight is 463 g/mol. The first-order valence-corrected chi connectivity index (χ1v) is 12.4. The second kappa shape index (κ2) is 11.1. The number of para-hydroxylation sites is 1. The molecule has 0 radical (unpaired) electrons. The Kier molecular flexibility index (Phi) is 7.79. The van der Waals surface area contributed by atoms with Gasteiger partial charge in [-0.25, -0.2) is 0 Å². The Hall–Kier alpha value is -3.12. The molecule has 1 aliphatic heterocycles. The normalized spacial score (nSPS) is 15.1. The highest BCUT2D eigenvalue weighted by molar-refractivity contribution is 7.10. The molecule has 6 heteroatoms. The minimum Gasteiger partial charge on any atom is -0.491 e. The summed E-state index contributed by atoms with van der Waals surface area (Å²) < 4.78 is 6.06. The predicted octanol–water partition coefficient (Wildman–Crippen LogP) is 4.73. The first-order chi connectivity index (χ1) is 16.2. The number of thiophene rings is 1. The van der Waals surface area contributed by atoms with E-state index in [4.69, 9.17) is 4.74 Å². The summed E-state index contributed by atoms with van der Waals surface area (Å²) in [6, 6.07) is 21.3. The fourth-order valence-corrected chi connectivity index (χ4v) is 5.19. The van der Waals surface area contributed by atoms with Crippen molar-refractivity contribution in [1.29, 1.82) is 0 Å². The molecule has 0 aliphatic carbocycles. The quantitative estimate of drug-likeness (QED) is 0.462. The molecule has 1 aromatic heterocycles. The third-order valence-corrected chi connectivity index (χ3v) is 6.93. The van der Waals surface area contributed by atoms with E-state index in [2.05, 4.69) is 11.4 Å². The highest BCUT2D eigenvalue weighted by atomic mass is 32.1. The molecule has 0 fully saturated rings. The lowest BCUT2D eigenvalue weighted by atomic mass is 10.0. The summed E-state index contributed by atoms with van der Waals surface area (Å²) in [7, 11) is 0. The maximum absolute atomic E-state index is 13.5. The summed E-state index contributed by atoms with van der Waals surface area (Å²) >= 11 is 1.73. The van der Waals surface area contributed by atoms with Gasteiger partial charge in [0.2, 0.25) is 11.8 Å². The standard InChI is InChI=1S/C27H30N2O3S/c1-2-15-28(26(30)18-21-9-5-3-6-10-21)19-27(31)29-16-13-25-23(14-17-33-25)24(29)20-32-22-11-7-4-8-12-22/h3-12,14,17,24H,2,13,15-16,18-20H2,1H3/t24-/m1/s1. The van der Waals surface area contributed by atoms with Crippen LogP contribution in [0.1, 0.15) is 35.4 Å². The lowest BCUT2D eigenvalue weighted by molar-refractivity contribution is -0.142. The molecule has 2 heterocycles. The fraction of sp³-hybridized carbons (Fsp3) is 0.333. The monoisotopic (exact) mass is 462 g/mol. The zero-order valence-electron chi connectivity index (χ0n) is 19.0. The molecule has 4 rings (SSSR count). The Labute approximate surface area is 199 Å². The van der Waals surface area contributed by atoms with Crippen LogP contribution < -0.4 is 4.74 Å². The van der Waals surface area contributed by atoms with Crippen molar-refractivity contribution in [2.24, 2.45) is 0 Å². The number of benzene rings is 2. The Bertz CT molecular complexity index is 1050. The molecule has 1 aliphatic rings. The van der Waals surface area contributed by atoms with Crippen LogP contribution in [-0.4, -0.2) is 47.9 Å². The van der Waals surface area contributed by atoms with E-state index in [-0.39, 0.29) is 24.4 Å². The third kappa shape index (κ3) is 5.82. The Morgan fingerprint density at radius 2 is 1.79 bits per heavy atom. The number of nitrogens with zero attached hydrogens (tertiary/aromatic N) is 2. The third-order valence-electron chi connectivity index (χ3n) is 5.94. The molecule has 2 aromatic carbocycles. The number of hydrogen-bond donors (Lipinski definition) is 0. The van der Waals surface area contributed by atoms with Gasteiger partial charge in [-0.3, -0.25) is 9.59 Å². The minimum atomic E-state index is -0.152. The van der Waals surface area contributed by atoms with Gasteiger partial charge in [0, 0.05) is 18.0 Å². The molecule has 0 saturated heterocycles. The van der Waals surface area contributed by atoms with Gasteiger partial charge in [0.25, 0.3) is 0 Å². The van der Waals surface area contributed by atoms with Crippen LogP contribution in [0.4, 0.5) is 0 Å². The lowest BCUT2D eigenvalue weighted by Gasteiger charge is -2.37. The molecule has 0 unspecified atom stereocenters. The van der Waals surface area contributed by atoms with Crippen LogP contribution in [0.15, 0.2) is 72.1 Å². The maximum atomic E-state index is 13.5. The summed E-state index contributed by atoms with van der Waals surface area (Å²) in [6.07, 6.45) is 1.96. The molecular formula is C27H30N2O3S. The van der Waals surface area contributed by atoms with Crippen molar-refractivity contribution >= 4 is 23.2 Å². The Balaban J connectivity index is 1.47. The van der Waals surface area contributed by atoms with Gasteiger partial charge in [0.15, 0.2) is 0 Å². The Morgan fingerprint density at radius 1 is 1.06 bits per heavy atom. The summed E-state index contributed by atoms with van der Waals surface area (Å²) in [5, 5.41) is 2.08. The summed E-state index contributed by atoms with van der Waals surface area (Å²) in [4.78, 5) is 31.4. The van der Waals surface area contributed by atoms with Crippen LogP contribution in [0.3, 0.4) is 0 Å². The van der Waals surface area contributed by atoms with Gasteiger partial charge >= 0.3 is 0 Å². The molecular weight excluding hydrogens is 432 g/mol. The predicted molar refractivity (Wildman–Crippen MR) is 131 cm³/mol. The van der Waals surface area contributed by atoms with Crippen molar-refractivity contribution in [3.63, 3.8) is 0 Å². The number of carbonyl (C=O) groups is 2. The van der Waals surface area contributed by atoms with Crippen LogP contribution in [-0.2, 0) is 22.4 Å². The average Bonchev–Trinajstić information content (AvgIpc) is 3.32. The van der Waals surface area contributed by atoms with E-state index >= 15 is 0 Å². The van der Waals surface area contributed by atoms with Crippen molar-refractivity contribution in [1.82, 2.24) is 9.80 Å². The van der Waals surface area contributed by atoms with E-state index in [1.807, 2.05) is 72.5 Å². The van der Waals surface area contributed by atoms with Gasteiger partial charge in [-0.05, 0) is 47.5 Å². The fourth-order valence-electron chi connectivity index (χ4n) is 4.26. The zero-order chi connectivity index (χ0) is 23.0. The Morgan fingerprint density at radius 3 is 2.52 bits per heavy atom. The zero-order valence-corrected chi connectivity index (χ0v) is 19.8. The summed E-state index contributed by atoms with van der Waals surface area (Å²) in [5.41, 5.74) is 2.12. The lowest BCUT2D eigenvalue weighted by Crippen LogP contribution is -2.48. The van der Waals surface area contributed by atoms with E-state index in [9.17, 15) is 9.59 Å². The number of hydrogen-bond acceptors (Lipinski definition) is 4. The minimum absolute atomic E-state index is 0.0123. The first kappa shape index (κ1) is 23.1. The molecule has 0 N–H and O–H groups in total. The molecule has 1 atom stereocenters. The number of ether oxygens (including phenoxy) is 1. The van der Waals surface area contributed by atoms with Gasteiger partial charge < -0.3 is 14.5 Å². The molecule has 172 valence electrons. The number of fused-ring (bicyclic) bond motifs is 1. The van der Waals surface area contributed by atoms with Gasteiger partial charge in [-0.2, -0.15) is 0 Å². The number of carbonyl (C=O) groups excluding carboxylic acids is 2. The van der Waals surface area contributed by atoms with Crippen molar-refractivity contribution in [2.45, 2.75) is 32.2 Å². The van der Waals surface area contributed by atoms with E-state index in [1.54, 1.807) is 16.2 Å². The van der Waals surface area contributed by atoms with Gasteiger partial charge in [0.05, 0.1) is 19.0 Å². The van der Waals surface area contributed by atoms with Crippen molar-refractivity contribution in [3.8, 4) is 5.75 Å². The molecule has 0 spiro atoms. The topological polar surface area (TPSA) is 49.9 Å². The largest absolute Gasteiger partial charge is 0.491 e. The highest BCUT2D eigenvalue weighted by Gasteiger charge is 2.33. The van der Waals surface area contributed by atoms with E-state index in [1.165, 1.54) is 4.88 Å². The van der Waals surface area contributed by atoms with Crippen LogP contribution in [0.5, 0.6) is 5.75 Å². The van der Waals surface area contributed by atoms with Crippen molar-refractivity contribution in [2.75, 3.05) is 26.2 Å².